The lowest BCUT2D eigenvalue weighted by atomic mass is 10.1. The van der Waals surface area contributed by atoms with Gasteiger partial charge in [0.15, 0.2) is 0 Å². The van der Waals surface area contributed by atoms with E-state index in [1.54, 1.807) is 6.07 Å². The van der Waals surface area contributed by atoms with Crippen LogP contribution < -0.4 is 5.32 Å². The fourth-order valence-corrected chi connectivity index (χ4v) is 2.67. The van der Waals surface area contributed by atoms with Gasteiger partial charge in [-0.2, -0.15) is 11.8 Å². The van der Waals surface area contributed by atoms with Crippen molar-refractivity contribution in [1.29, 1.82) is 0 Å². The number of nitro groups is 1. The summed E-state index contributed by atoms with van der Waals surface area (Å²) in [6.07, 6.45) is 6.95. The molecule has 112 valence electrons. The lowest BCUT2D eigenvalue weighted by Gasteiger charge is -2.10. The van der Waals surface area contributed by atoms with Crippen LogP contribution in [0.15, 0.2) is 12.1 Å². The first-order chi connectivity index (χ1) is 9.56. The highest BCUT2D eigenvalue weighted by Crippen LogP contribution is 2.30. The molecule has 1 rings (SSSR count). The highest BCUT2D eigenvalue weighted by molar-refractivity contribution is 7.98. The zero-order valence-electron chi connectivity index (χ0n) is 11.9. The lowest BCUT2D eigenvalue weighted by molar-refractivity contribution is -0.384. The van der Waals surface area contributed by atoms with Crippen LogP contribution in [0.3, 0.4) is 0 Å². The predicted molar refractivity (Wildman–Crippen MR) is 88.2 cm³/mol. The molecular weight excluding hydrogens is 296 g/mol. The Kier molecular flexibility index (Phi) is 7.77. The van der Waals surface area contributed by atoms with Crippen LogP contribution in [0.1, 0.15) is 31.2 Å². The van der Waals surface area contributed by atoms with Gasteiger partial charge < -0.3 is 5.32 Å². The summed E-state index contributed by atoms with van der Waals surface area (Å²) in [6.45, 7) is 2.72. The average Bonchev–Trinajstić information content (AvgIpc) is 2.40. The number of halogens is 1. The summed E-state index contributed by atoms with van der Waals surface area (Å²) in [5, 5.41) is 14.3. The fourth-order valence-electron chi connectivity index (χ4n) is 1.94. The zero-order chi connectivity index (χ0) is 15.0. The quantitative estimate of drug-likeness (QED) is 0.400. The van der Waals surface area contributed by atoms with Gasteiger partial charge in [-0.25, -0.2) is 0 Å². The largest absolute Gasteiger partial charge is 0.385 e. The second-order valence-electron chi connectivity index (χ2n) is 4.71. The van der Waals surface area contributed by atoms with Gasteiger partial charge in [-0.1, -0.05) is 24.4 Å². The van der Waals surface area contributed by atoms with Crippen molar-refractivity contribution < 1.29 is 4.92 Å². The Morgan fingerprint density at radius 1 is 1.30 bits per heavy atom. The molecule has 0 bridgehead atoms. The van der Waals surface area contributed by atoms with Crippen molar-refractivity contribution in [1.82, 2.24) is 0 Å². The van der Waals surface area contributed by atoms with Gasteiger partial charge in [-0.3, -0.25) is 10.1 Å². The Morgan fingerprint density at radius 3 is 2.65 bits per heavy atom. The first kappa shape index (κ1) is 17.1. The molecule has 0 aliphatic heterocycles. The number of nitrogens with zero attached hydrogens (tertiary/aromatic N) is 1. The number of nitro benzene ring substituents is 1. The predicted octanol–water partition coefficient (Wildman–Crippen LogP) is 4.89. The highest BCUT2D eigenvalue weighted by Gasteiger charge is 2.14. The average molecular weight is 317 g/mol. The summed E-state index contributed by atoms with van der Waals surface area (Å²) in [4.78, 5) is 10.3. The number of thioether (sulfide) groups is 1. The molecule has 0 aromatic heterocycles. The Labute approximate surface area is 129 Å². The van der Waals surface area contributed by atoms with Crippen molar-refractivity contribution in [2.75, 3.05) is 23.9 Å². The first-order valence-electron chi connectivity index (χ1n) is 6.73. The maximum Gasteiger partial charge on any atom is 0.288 e. The number of anilines is 1. The van der Waals surface area contributed by atoms with Crippen LogP contribution in [0, 0.1) is 17.0 Å². The number of unbranched alkanes of at least 4 members (excludes halogenated alkanes) is 3. The van der Waals surface area contributed by atoms with Gasteiger partial charge in [0, 0.05) is 18.3 Å². The molecule has 0 unspecified atom stereocenters. The smallest absolute Gasteiger partial charge is 0.288 e. The van der Waals surface area contributed by atoms with Gasteiger partial charge in [0.25, 0.3) is 5.69 Å². The van der Waals surface area contributed by atoms with E-state index in [0.29, 0.717) is 0 Å². The van der Waals surface area contributed by atoms with Crippen molar-refractivity contribution in [3.8, 4) is 0 Å². The van der Waals surface area contributed by atoms with Crippen LogP contribution in [-0.2, 0) is 0 Å². The highest BCUT2D eigenvalue weighted by atomic mass is 35.5. The number of nitrogens with one attached hydrogen (secondary N) is 1. The molecule has 0 saturated carbocycles. The number of rotatable bonds is 9. The minimum Gasteiger partial charge on any atom is -0.385 e. The molecule has 0 saturated heterocycles. The molecular formula is C14H21ClN2O2S. The molecule has 0 heterocycles. The van der Waals surface area contributed by atoms with Crippen LogP contribution in [0.2, 0.25) is 5.02 Å². The Bertz CT molecular complexity index is 455. The molecule has 0 fully saturated rings. The topological polar surface area (TPSA) is 55.2 Å². The van der Waals surface area contributed by atoms with E-state index < -0.39 is 4.92 Å². The minimum absolute atomic E-state index is 0.0354. The van der Waals surface area contributed by atoms with Crippen LogP contribution in [0.5, 0.6) is 0 Å². The van der Waals surface area contributed by atoms with Gasteiger partial charge in [-0.15, -0.1) is 0 Å². The van der Waals surface area contributed by atoms with Gasteiger partial charge in [0.2, 0.25) is 0 Å². The normalized spacial score (nSPS) is 10.6. The number of hydrogen-bond donors (Lipinski definition) is 1. The molecule has 1 aromatic rings. The molecule has 1 N–H and O–H groups in total. The van der Waals surface area contributed by atoms with E-state index in [0.717, 1.165) is 24.2 Å². The second-order valence-corrected chi connectivity index (χ2v) is 6.10. The molecule has 0 aliphatic carbocycles. The number of aryl methyl sites for hydroxylation is 1. The third-order valence-corrected chi connectivity index (χ3v) is 4.08. The van der Waals surface area contributed by atoms with E-state index in [1.807, 2.05) is 18.7 Å². The third kappa shape index (κ3) is 5.59. The molecule has 4 nitrogen and oxygen atoms in total. The van der Waals surface area contributed by atoms with E-state index in [2.05, 4.69) is 11.6 Å². The van der Waals surface area contributed by atoms with Gasteiger partial charge in [0.1, 0.15) is 5.02 Å². The standard InChI is InChI=1S/C14H21ClN2O2S/c1-11-9-14(17(18)19)12(15)10-13(11)16-7-5-3-4-6-8-20-2/h9-10,16H,3-8H2,1-2H3. The summed E-state index contributed by atoms with van der Waals surface area (Å²) in [5.74, 6) is 1.23. The summed E-state index contributed by atoms with van der Waals surface area (Å²) < 4.78 is 0. The van der Waals surface area contributed by atoms with Crippen molar-refractivity contribution in [3.63, 3.8) is 0 Å². The van der Waals surface area contributed by atoms with Gasteiger partial charge >= 0.3 is 0 Å². The molecule has 0 radical (unpaired) electrons. The van der Waals surface area contributed by atoms with Crippen molar-refractivity contribution in [3.05, 3.63) is 32.8 Å². The van der Waals surface area contributed by atoms with Crippen molar-refractivity contribution >= 4 is 34.7 Å². The molecule has 0 amide bonds. The van der Waals surface area contributed by atoms with E-state index in [9.17, 15) is 10.1 Å². The summed E-state index contributed by atoms with van der Waals surface area (Å²) in [5.41, 5.74) is 1.69. The number of hydrogen-bond acceptors (Lipinski definition) is 4. The van der Waals surface area contributed by atoms with E-state index in [-0.39, 0.29) is 10.7 Å². The molecule has 0 spiro atoms. The van der Waals surface area contributed by atoms with Crippen molar-refractivity contribution in [2.45, 2.75) is 32.6 Å². The summed E-state index contributed by atoms with van der Waals surface area (Å²) >= 11 is 7.79. The van der Waals surface area contributed by atoms with E-state index in [1.165, 1.54) is 31.1 Å². The maximum absolute atomic E-state index is 10.8. The molecule has 1 aromatic carbocycles. The van der Waals surface area contributed by atoms with Crippen LogP contribution in [0.25, 0.3) is 0 Å². The van der Waals surface area contributed by atoms with E-state index in [4.69, 9.17) is 11.6 Å². The summed E-state index contributed by atoms with van der Waals surface area (Å²) in [6, 6.07) is 3.16. The van der Waals surface area contributed by atoms with Gasteiger partial charge in [0.05, 0.1) is 4.92 Å². The Balaban J connectivity index is 2.41. The lowest BCUT2D eigenvalue weighted by Crippen LogP contribution is -2.04. The van der Waals surface area contributed by atoms with Gasteiger partial charge in [-0.05, 0) is 43.4 Å². The maximum atomic E-state index is 10.8. The molecule has 0 atom stereocenters. The molecule has 0 aliphatic rings. The zero-order valence-corrected chi connectivity index (χ0v) is 13.5. The van der Waals surface area contributed by atoms with Crippen LogP contribution in [0.4, 0.5) is 11.4 Å². The third-order valence-electron chi connectivity index (χ3n) is 3.08. The Hall–Kier alpha value is -0.940. The molecule has 6 heteroatoms. The van der Waals surface area contributed by atoms with Crippen LogP contribution >= 0.6 is 23.4 Å². The fraction of sp³-hybridized carbons (Fsp3) is 0.571. The monoisotopic (exact) mass is 316 g/mol. The van der Waals surface area contributed by atoms with Crippen LogP contribution in [-0.4, -0.2) is 23.5 Å². The SMILES string of the molecule is CSCCCCCCNc1cc(Cl)c([N+](=O)[O-])cc1C. The summed E-state index contributed by atoms with van der Waals surface area (Å²) in [7, 11) is 0. The first-order valence-corrected chi connectivity index (χ1v) is 8.50. The second kappa shape index (κ2) is 9.08. The van der Waals surface area contributed by atoms with Crippen molar-refractivity contribution in [2.24, 2.45) is 0 Å². The Morgan fingerprint density at radius 2 is 2.00 bits per heavy atom. The number of benzene rings is 1. The van der Waals surface area contributed by atoms with E-state index >= 15 is 0 Å². The molecule has 20 heavy (non-hydrogen) atoms. The minimum atomic E-state index is -0.454.